The summed E-state index contributed by atoms with van der Waals surface area (Å²) in [6.07, 6.45) is 1.54. The molecule has 1 atom stereocenters. The average molecular weight is 523 g/mol. The number of sulfone groups is 1. The molecule has 0 aliphatic carbocycles. The first-order chi connectivity index (χ1) is 16.7. The maximum atomic E-state index is 12.9. The third kappa shape index (κ3) is 5.82. The number of cyclic esters (lactones) is 1. The predicted octanol–water partition coefficient (Wildman–Crippen LogP) is 3.26. The van der Waals surface area contributed by atoms with E-state index < -0.39 is 9.84 Å². The van der Waals surface area contributed by atoms with Crippen LogP contribution in [0.4, 0.5) is 4.79 Å². The Kier molecular flexibility index (Phi) is 7.42. The Labute approximate surface area is 209 Å². The van der Waals surface area contributed by atoms with E-state index in [2.05, 4.69) is 0 Å². The summed E-state index contributed by atoms with van der Waals surface area (Å²) in [6, 6.07) is 11.3. The van der Waals surface area contributed by atoms with Crippen molar-refractivity contribution in [1.82, 2.24) is 9.80 Å². The van der Waals surface area contributed by atoms with Gasteiger partial charge in [-0.3, -0.25) is 4.79 Å². The molecule has 9 nitrogen and oxygen atoms in total. The van der Waals surface area contributed by atoms with Gasteiger partial charge in [0.05, 0.1) is 29.1 Å². The lowest BCUT2D eigenvalue weighted by Crippen LogP contribution is -2.47. The first kappa shape index (κ1) is 25.1. The van der Waals surface area contributed by atoms with E-state index in [-0.39, 0.29) is 46.2 Å². The van der Waals surface area contributed by atoms with Crippen molar-refractivity contribution in [3.8, 4) is 11.5 Å². The van der Waals surface area contributed by atoms with Crippen LogP contribution in [-0.2, 0) is 14.6 Å². The van der Waals surface area contributed by atoms with Crippen molar-refractivity contribution in [3.63, 3.8) is 0 Å². The first-order valence-electron chi connectivity index (χ1n) is 11.2. The van der Waals surface area contributed by atoms with Crippen molar-refractivity contribution in [2.75, 3.05) is 39.6 Å². The summed E-state index contributed by atoms with van der Waals surface area (Å²) in [5, 5.41) is 0.0999. The normalized spacial score (nSPS) is 18.9. The SMILES string of the molecule is COc1ccc(OCC2CN(C3CCN(C(=O)c4ccc(S(C)(=O)=O)cc4Cl)CC3)C(=O)O2)cc1. The maximum Gasteiger partial charge on any atom is 0.410 e. The van der Waals surface area contributed by atoms with Crippen LogP contribution in [0.1, 0.15) is 23.2 Å². The van der Waals surface area contributed by atoms with E-state index in [1.54, 1.807) is 41.2 Å². The van der Waals surface area contributed by atoms with Gasteiger partial charge in [0, 0.05) is 25.4 Å². The Morgan fingerprint density at radius 1 is 1.11 bits per heavy atom. The second-order valence-electron chi connectivity index (χ2n) is 8.58. The Morgan fingerprint density at radius 3 is 2.37 bits per heavy atom. The second kappa shape index (κ2) is 10.3. The van der Waals surface area contributed by atoms with E-state index in [0.717, 1.165) is 12.0 Å². The summed E-state index contributed by atoms with van der Waals surface area (Å²) >= 11 is 6.21. The summed E-state index contributed by atoms with van der Waals surface area (Å²) in [4.78, 5) is 28.8. The van der Waals surface area contributed by atoms with Gasteiger partial charge in [-0.05, 0) is 55.3 Å². The van der Waals surface area contributed by atoms with E-state index >= 15 is 0 Å². The van der Waals surface area contributed by atoms with Crippen LogP contribution in [0, 0.1) is 0 Å². The number of benzene rings is 2. The minimum atomic E-state index is -3.41. The molecular weight excluding hydrogens is 496 g/mol. The Bertz CT molecular complexity index is 1190. The molecule has 2 aliphatic rings. The number of hydrogen-bond donors (Lipinski definition) is 0. The van der Waals surface area contributed by atoms with Crippen LogP contribution in [0.3, 0.4) is 0 Å². The van der Waals surface area contributed by atoms with Gasteiger partial charge in [-0.15, -0.1) is 0 Å². The first-order valence-corrected chi connectivity index (χ1v) is 13.5. The zero-order valence-corrected chi connectivity index (χ0v) is 21.0. The molecule has 0 aromatic heterocycles. The molecule has 35 heavy (non-hydrogen) atoms. The largest absolute Gasteiger partial charge is 0.497 e. The van der Waals surface area contributed by atoms with Crippen LogP contribution >= 0.6 is 11.6 Å². The van der Waals surface area contributed by atoms with Gasteiger partial charge in [0.15, 0.2) is 15.9 Å². The van der Waals surface area contributed by atoms with E-state index in [1.165, 1.54) is 18.2 Å². The molecule has 2 fully saturated rings. The number of likely N-dealkylation sites (tertiary alicyclic amines) is 1. The van der Waals surface area contributed by atoms with Crippen molar-refractivity contribution in [3.05, 3.63) is 53.1 Å². The number of amides is 2. The molecular formula is C24H27ClN2O7S. The van der Waals surface area contributed by atoms with E-state index in [4.69, 9.17) is 25.8 Å². The van der Waals surface area contributed by atoms with Gasteiger partial charge in [-0.2, -0.15) is 0 Å². The molecule has 11 heteroatoms. The second-order valence-corrected chi connectivity index (χ2v) is 11.0. The highest BCUT2D eigenvalue weighted by atomic mass is 35.5. The number of carbonyl (C=O) groups is 2. The predicted molar refractivity (Wildman–Crippen MR) is 129 cm³/mol. The molecule has 0 spiro atoms. The molecule has 0 radical (unpaired) electrons. The fourth-order valence-corrected chi connectivity index (χ4v) is 5.21. The van der Waals surface area contributed by atoms with Crippen molar-refractivity contribution < 1.29 is 32.2 Å². The summed E-state index contributed by atoms with van der Waals surface area (Å²) in [6.45, 7) is 1.56. The summed E-state index contributed by atoms with van der Waals surface area (Å²) < 4.78 is 39.8. The van der Waals surface area contributed by atoms with Gasteiger partial charge in [-0.1, -0.05) is 11.6 Å². The van der Waals surface area contributed by atoms with Gasteiger partial charge < -0.3 is 24.0 Å². The van der Waals surface area contributed by atoms with Crippen molar-refractivity contribution in [2.24, 2.45) is 0 Å². The smallest absolute Gasteiger partial charge is 0.410 e. The Morgan fingerprint density at radius 2 is 1.77 bits per heavy atom. The standard InChI is InChI=1S/C24H27ClN2O7S/c1-32-17-3-5-18(6-4-17)33-15-19-14-27(24(29)34-19)16-9-11-26(12-10-16)23(28)21-8-7-20(13-22(21)25)35(2,30)31/h3-8,13,16,19H,9-12,14-15H2,1-2H3. The number of nitrogens with zero attached hydrogens (tertiary/aromatic N) is 2. The minimum Gasteiger partial charge on any atom is -0.497 e. The molecule has 0 N–H and O–H groups in total. The van der Waals surface area contributed by atoms with Crippen LogP contribution in [0.2, 0.25) is 5.02 Å². The number of halogens is 1. The van der Waals surface area contributed by atoms with Crippen LogP contribution < -0.4 is 9.47 Å². The molecule has 2 aromatic rings. The van der Waals surface area contributed by atoms with Gasteiger partial charge in [0.1, 0.15) is 18.1 Å². The van der Waals surface area contributed by atoms with Crippen molar-refractivity contribution in [2.45, 2.75) is 29.9 Å². The van der Waals surface area contributed by atoms with Crippen LogP contribution in [0.15, 0.2) is 47.4 Å². The van der Waals surface area contributed by atoms with Gasteiger partial charge >= 0.3 is 6.09 Å². The Balaban J connectivity index is 1.29. The number of methoxy groups -OCH3 is 1. The lowest BCUT2D eigenvalue weighted by molar-refractivity contribution is 0.0658. The third-order valence-corrected chi connectivity index (χ3v) is 7.61. The highest BCUT2D eigenvalue weighted by Gasteiger charge is 2.38. The molecule has 2 aliphatic heterocycles. The van der Waals surface area contributed by atoms with Crippen molar-refractivity contribution in [1.29, 1.82) is 0 Å². The zero-order chi connectivity index (χ0) is 25.2. The number of rotatable bonds is 7. The molecule has 2 aromatic carbocycles. The van der Waals surface area contributed by atoms with E-state index in [0.29, 0.717) is 38.2 Å². The Hall–Kier alpha value is -2.98. The number of hydrogen-bond acceptors (Lipinski definition) is 7. The molecule has 1 unspecified atom stereocenters. The fraction of sp³-hybridized carbons (Fsp3) is 0.417. The van der Waals surface area contributed by atoms with Gasteiger partial charge in [0.25, 0.3) is 5.91 Å². The van der Waals surface area contributed by atoms with Gasteiger partial charge in [-0.25, -0.2) is 13.2 Å². The van der Waals surface area contributed by atoms with Crippen LogP contribution in [0.5, 0.6) is 11.5 Å². The van der Waals surface area contributed by atoms with Gasteiger partial charge in [0.2, 0.25) is 0 Å². The number of piperidine rings is 1. The molecule has 4 rings (SSSR count). The molecule has 2 amide bonds. The number of ether oxygens (including phenoxy) is 3. The average Bonchev–Trinajstić information content (AvgIpc) is 3.22. The molecule has 0 saturated carbocycles. The minimum absolute atomic E-state index is 0.0411. The molecule has 2 saturated heterocycles. The highest BCUT2D eigenvalue weighted by Crippen LogP contribution is 2.27. The summed E-state index contributed by atoms with van der Waals surface area (Å²) in [7, 11) is -1.82. The fourth-order valence-electron chi connectivity index (χ4n) is 4.24. The zero-order valence-electron chi connectivity index (χ0n) is 19.5. The molecule has 2 heterocycles. The van der Waals surface area contributed by atoms with Crippen LogP contribution in [-0.4, -0.2) is 82.0 Å². The summed E-state index contributed by atoms with van der Waals surface area (Å²) in [5.74, 6) is 1.13. The topological polar surface area (TPSA) is 102 Å². The highest BCUT2D eigenvalue weighted by molar-refractivity contribution is 7.90. The van der Waals surface area contributed by atoms with Crippen LogP contribution in [0.25, 0.3) is 0 Å². The lowest BCUT2D eigenvalue weighted by Gasteiger charge is -2.35. The number of carbonyl (C=O) groups excluding carboxylic acids is 2. The quantitative estimate of drug-likeness (QED) is 0.550. The summed E-state index contributed by atoms with van der Waals surface area (Å²) in [5.41, 5.74) is 0.258. The van der Waals surface area contributed by atoms with E-state index in [1.807, 2.05) is 0 Å². The third-order valence-electron chi connectivity index (χ3n) is 6.19. The lowest BCUT2D eigenvalue weighted by atomic mass is 10.0. The van der Waals surface area contributed by atoms with E-state index in [9.17, 15) is 18.0 Å². The monoisotopic (exact) mass is 522 g/mol. The molecule has 0 bridgehead atoms. The molecule has 188 valence electrons. The van der Waals surface area contributed by atoms with Crippen molar-refractivity contribution >= 4 is 33.4 Å². The maximum absolute atomic E-state index is 12.9.